The predicted octanol–water partition coefficient (Wildman–Crippen LogP) is 4.55. The summed E-state index contributed by atoms with van der Waals surface area (Å²) >= 11 is 7.82. The molecule has 1 unspecified atom stereocenters. The summed E-state index contributed by atoms with van der Waals surface area (Å²) in [4.78, 5) is 0. The van der Waals surface area contributed by atoms with Gasteiger partial charge in [-0.15, -0.1) is 0 Å². The highest BCUT2D eigenvalue weighted by molar-refractivity contribution is 7.07. The lowest BCUT2D eigenvalue weighted by molar-refractivity contribution is 0.491. The summed E-state index contributed by atoms with van der Waals surface area (Å²) in [6.07, 6.45) is 3.34. The van der Waals surface area contributed by atoms with E-state index in [1.165, 1.54) is 11.1 Å². The largest absolute Gasteiger partial charge is 0.314 e. The lowest BCUT2D eigenvalue weighted by Gasteiger charge is -2.18. The van der Waals surface area contributed by atoms with E-state index in [1.54, 1.807) is 11.3 Å². The highest BCUT2D eigenvalue weighted by Gasteiger charge is 2.09. The number of aryl methyl sites for hydroxylation is 1. The highest BCUT2D eigenvalue weighted by Crippen LogP contribution is 2.15. The van der Waals surface area contributed by atoms with Crippen LogP contribution in [-0.2, 0) is 12.8 Å². The topological polar surface area (TPSA) is 12.0 Å². The first-order chi connectivity index (χ1) is 9.28. The van der Waals surface area contributed by atoms with Crippen LogP contribution < -0.4 is 5.32 Å². The minimum Gasteiger partial charge on any atom is -0.314 e. The average molecular weight is 294 g/mol. The second-order valence-electron chi connectivity index (χ2n) is 4.76. The smallest absolute Gasteiger partial charge is 0.0408 e. The Morgan fingerprint density at radius 2 is 2.16 bits per heavy atom. The Balaban J connectivity index is 1.91. The molecule has 1 aromatic carbocycles. The summed E-state index contributed by atoms with van der Waals surface area (Å²) in [5.74, 6) is 0. The molecule has 3 heteroatoms. The molecule has 0 radical (unpaired) electrons. The normalized spacial score (nSPS) is 12.5. The Bertz CT molecular complexity index is 481. The van der Waals surface area contributed by atoms with E-state index in [0.717, 1.165) is 30.8 Å². The van der Waals surface area contributed by atoms with Gasteiger partial charge in [0.15, 0.2) is 0 Å². The molecule has 2 rings (SSSR count). The Morgan fingerprint density at radius 3 is 2.84 bits per heavy atom. The van der Waals surface area contributed by atoms with E-state index in [9.17, 15) is 0 Å². The minimum absolute atomic E-state index is 0.517. The summed E-state index contributed by atoms with van der Waals surface area (Å²) in [7, 11) is 0. The van der Waals surface area contributed by atoms with Crippen LogP contribution in [-0.4, -0.2) is 12.6 Å². The van der Waals surface area contributed by atoms with Crippen LogP contribution in [0.3, 0.4) is 0 Å². The molecule has 1 heterocycles. The number of nitrogens with one attached hydrogen (secondary N) is 1. The maximum atomic E-state index is 6.04. The fourth-order valence-corrected chi connectivity index (χ4v) is 3.21. The molecule has 1 nitrogen and oxygen atoms in total. The van der Waals surface area contributed by atoms with Gasteiger partial charge in [0, 0.05) is 11.1 Å². The molecule has 0 saturated carbocycles. The van der Waals surface area contributed by atoms with E-state index in [0.29, 0.717) is 6.04 Å². The molecule has 102 valence electrons. The predicted molar refractivity (Wildman–Crippen MR) is 85.3 cm³/mol. The van der Waals surface area contributed by atoms with E-state index in [4.69, 9.17) is 11.6 Å². The van der Waals surface area contributed by atoms with Gasteiger partial charge in [-0.05, 0) is 65.9 Å². The first kappa shape index (κ1) is 14.6. The second-order valence-corrected chi connectivity index (χ2v) is 5.98. The summed E-state index contributed by atoms with van der Waals surface area (Å²) in [5.41, 5.74) is 2.75. The van der Waals surface area contributed by atoms with E-state index in [-0.39, 0.29) is 0 Å². The van der Waals surface area contributed by atoms with Gasteiger partial charge in [-0.1, -0.05) is 30.7 Å². The maximum absolute atomic E-state index is 6.04. The van der Waals surface area contributed by atoms with Gasteiger partial charge in [0.05, 0.1) is 0 Å². The summed E-state index contributed by atoms with van der Waals surface area (Å²) in [6.45, 7) is 3.17. The number of hydrogen-bond acceptors (Lipinski definition) is 2. The van der Waals surface area contributed by atoms with Crippen LogP contribution in [0.1, 0.15) is 24.5 Å². The van der Waals surface area contributed by atoms with Crippen molar-refractivity contribution in [3.05, 3.63) is 57.2 Å². The number of rotatable bonds is 7. The molecule has 0 bridgehead atoms. The number of thiophene rings is 1. The van der Waals surface area contributed by atoms with E-state index in [2.05, 4.69) is 41.2 Å². The number of hydrogen-bond donors (Lipinski definition) is 1. The van der Waals surface area contributed by atoms with E-state index >= 15 is 0 Å². The van der Waals surface area contributed by atoms with Gasteiger partial charge < -0.3 is 5.32 Å². The summed E-state index contributed by atoms with van der Waals surface area (Å²) in [5, 5.41) is 8.78. The van der Waals surface area contributed by atoms with Crippen LogP contribution in [0.5, 0.6) is 0 Å². The fraction of sp³-hybridized carbons (Fsp3) is 0.375. The van der Waals surface area contributed by atoms with Crippen LogP contribution in [0.25, 0.3) is 0 Å². The number of benzene rings is 1. The first-order valence-electron chi connectivity index (χ1n) is 6.77. The molecule has 0 aliphatic carbocycles. The number of halogens is 1. The highest BCUT2D eigenvalue weighted by atomic mass is 35.5. The molecule has 0 amide bonds. The fourth-order valence-electron chi connectivity index (χ4n) is 2.29. The van der Waals surface area contributed by atoms with Crippen molar-refractivity contribution in [2.24, 2.45) is 0 Å². The van der Waals surface area contributed by atoms with Crippen LogP contribution in [0.4, 0.5) is 0 Å². The molecule has 1 N–H and O–H groups in total. The maximum Gasteiger partial charge on any atom is 0.0408 e. The SMILES string of the molecule is CCNC(CCc1ccsc1)Cc1cccc(Cl)c1. The first-order valence-corrected chi connectivity index (χ1v) is 8.09. The van der Waals surface area contributed by atoms with Crippen LogP contribution in [0, 0.1) is 0 Å². The van der Waals surface area contributed by atoms with Gasteiger partial charge >= 0.3 is 0 Å². The molecule has 0 fully saturated rings. The summed E-state index contributed by atoms with van der Waals surface area (Å²) in [6, 6.07) is 10.9. The third-order valence-corrected chi connectivity index (χ3v) is 4.19. The van der Waals surface area contributed by atoms with Crippen molar-refractivity contribution < 1.29 is 0 Å². The molecular weight excluding hydrogens is 274 g/mol. The molecule has 0 aliphatic rings. The van der Waals surface area contributed by atoms with Crippen molar-refractivity contribution in [2.45, 2.75) is 32.2 Å². The van der Waals surface area contributed by atoms with E-state index in [1.807, 2.05) is 12.1 Å². The van der Waals surface area contributed by atoms with Gasteiger partial charge in [-0.3, -0.25) is 0 Å². The zero-order valence-electron chi connectivity index (χ0n) is 11.2. The van der Waals surface area contributed by atoms with Crippen molar-refractivity contribution in [2.75, 3.05) is 6.54 Å². The third kappa shape index (κ3) is 4.98. The molecular formula is C16H20ClNS. The molecule has 1 aromatic heterocycles. The van der Waals surface area contributed by atoms with Crippen LogP contribution >= 0.6 is 22.9 Å². The van der Waals surface area contributed by atoms with Crippen molar-refractivity contribution >= 4 is 22.9 Å². The molecule has 0 spiro atoms. The Morgan fingerprint density at radius 1 is 1.26 bits per heavy atom. The molecule has 1 atom stereocenters. The zero-order valence-corrected chi connectivity index (χ0v) is 12.8. The van der Waals surface area contributed by atoms with Crippen molar-refractivity contribution in [3.8, 4) is 0 Å². The lowest BCUT2D eigenvalue weighted by atomic mass is 10.00. The Labute approximate surface area is 124 Å². The van der Waals surface area contributed by atoms with E-state index < -0.39 is 0 Å². The van der Waals surface area contributed by atoms with Gasteiger partial charge in [0.1, 0.15) is 0 Å². The average Bonchev–Trinajstić information content (AvgIpc) is 2.89. The lowest BCUT2D eigenvalue weighted by Crippen LogP contribution is -2.31. The van der Waals surface area contributed by atoms with Crippen LogP contribution in [0.2, 0.25) is 5.02 Å². The molecule has 19 heavy (non-hydrogen) atoms. The minimum atomic E-state index is 0.517. The van der Waals surface area contributed by atoms with Gasteiger partial charge in [-0.2, -0.15) is 11.3 Å². The van der Waals surface area contributed by atoms with Gasteiger partial charge in [0.2, 0.25) is 0 Å². The summed E-state index contributed by atoms with van der Waals surface area (Å²) < 4.78 is 0. The molecule has 2 aromatic rings. The van der Waals surface area contributed by atoms with Crippen LogP contribution in [0.15, 0.2) is 41.1 Å². The monoisotopic (exact) mass is 293 g/mol. The molecule has 0 saturated heterocycles. The molecule has 0 aliphatic heterocycles. The zero-order chi connectivity index (χ0) is 13.5. The quantitative estimate of drug-likeness (QED) is 0.789. The Kier molecular flexibility index (Phi) is 5.90. The second kappa shape index (κ2) is 7.68. The standard InChI is InChI=1S/C16H20ClNS/c1-2-18-16(7-6-13-8-9-19-12-13)11-14-4-3-5-15(17)10-14/h3-5,8-10,12,16,18H,2,6-7,11H2,1H3. The van der Waals surface area contributed by atoms with Gasteiger partial charge in [0.25, 0.3) is 0 Å². The van der Waals surface area contributed by atoms with Crippen molar-refractivity contribution in [1.82, 2.24) is 5.32 Å². The van der Waals surface area contributed by atoms with Gasteiger partial charge in [-0.25, -0.2) is 0 Å². The number of likely N-dealkylation sites (N-methyl/N-ethyl adjacent to an activating group) is 1. The third-order valence-electron chi connectivity index (χ3n) is 3.23. The van der Waals surface area contributed by atoms with Crippen molar-refractivity contribution in [1.29, 1.82) is 0 Å². The Hall–Kier alpha value is -0.830. The van der Waals surface area contributed by atoms with Crippen molar-refractivity contribution in [3.63, 3.8) is 0 Å².